The molecule has 0 aliphatic carbocycles. The van der Waals surface area contributed by atoms with Gasteiger partial charge in [-0.3, -0.25) is 0 Å². The van der Waals surface area contributed by atoms with Gasteiger partial charge in [0.25, 0.3) is 0 Å². The Balaban J connectivity index is 1.87. The quantitative estimate of drug-likeness (QED) is 0.869. The summed E-state index contributed by atoms with van der Waals surface area (Å²) in [7, 11) is 0. The van der Waals surface area contributed by atoms with E-state index < -0.39 is 0 Å². The first-order valence-electron chi connectivity index (χ1n) is 7.19. The SMILES string of the molecule is C[C@H]1[C@H](O)C[C@H](c2ccccc2)S[C@@H]1c1ccccc1. The van der Waals surface area contributed by atoms with Crippen molar-refractivity contribution < 1.29 is 5.11 Å². The molecule has 20 heavy (non-hydrogen) atoms. The van der Waals surface area contributed by atoms with Crippen LogP contribution in [-0.2, 0) is 0 Å². The van der Waals surface area contributed by atoms with Gasteiger partial charge < -0.3 is 5.11 Å². The van der Waals surface area contributed by atoms with Crippen LogP contribution in [0.15, 0.2) is 60.7 Å². The van der Waals surface area contributed by atoms with Crippen molar-refractivity contribution in [3.8, 4) is 0 Å². The summed E-state index contributed by atoms with van der Waals surface area (Å²) in [5, 5.41) is 11.2. The molecule has 1 N–H and O–H groups in total. The zero-order valence-electron chi connectivity index (χ0n) is 11.6. The summed E-state index contributed by atoms with van der Waals surface area (Å²) in [6.07, 6.45) is 0.616. The van der Waals surface area contributed by atoms with Crippen LogP contribution >= 0.6 is 11.8 Å². The summed E-state index contributed by atoms with van der Waals surface area (Å²) in [5.41, 5.74) is 2.65. The highest BCUT2D eigenvalue weighted by Crippen LogP contribution is 2.52. The Morgan fingerprint density at radius 2 is 1.45 bits per heavy atom. The Labute approximate surface area is 125 Å². The van der Waals surface area contributed by atoms with E-state index >= 15 is 0 Å². The molecule has 0 radical (unpaired) electrons. The minimum Gasteiger partial charge on any atom is -0.393 e. The van der Waals surface area contributed by atoms with Crippen molar-refractivity contribution in [2.24, 2.45) is 5.92 Å². The first-order valence-corrected chi connectivity index (χ1v) is 8.13. The molecule has 0 bridgehead atoms. The molecule has 0 aromatic heterocycles. The van der Waals surface area contributed by atoms with E-state index in [0.29, 0.717) is 16.4 Å². The zero-order valence-corrected chi connectivity index (χ0v) is 12.5. The summed E-state index contributed by atoms with van der Waals surface area (Å²) >= 11 is 1.99. The third kappa shape index (κ3) is 2.77. The maximum atomic E-state index is 10.4. The predicted molar refractivity (Wildman–Crippen MR) is 85.7 cm³/mol. The molecule has 2 heteroatoms. The average molecular weight is 284 g/mol. The van der Waals surface area contributed by atoms with Crippen molar-refractivity contribution in [2.45, 2.75) is 29.9 Å². The van der Waals surface area contributed by atoms with Crippen molar-refractivity contribution in [2.75, 3.05) is 0 Å². The van der Waals surface area contributed by atoms with Crippen LogP contribution in [0, 0.1) is 5.92 Å². The summed E-state index contributed by atoms with van der Waals surface area (Å²) in [5.74, 6) is 0.294. The standard InChI is InChI=1S/C18H20OS/c1-13-16(19)12-17(14-8-4-2-5-9-14)20-18(13)15-10-6-3-7-11-15/h2-11,13,16-19H,12H2,1H3/t13-,16+,17+,18-/m0/s1. The van der Waals surface area contributed by atoms with Crippen LogP contribution in [0.5, 0.6) is 0 Å². The van der Waals surface area contributed by atoms with Gasteiger partial charge in [-0.2, -0.15) is 0 Å². The Bertz CT molecular complexity index is 540. The molecule has 0 amide bonds. The first kappa shape index (κ1) is 13.7. The van der Waals surface area contributed by atoms with E-state index in [0.717, 1.165) is 6.42 Å². The van der Waals surface area contributed by atoms with Crippen LogP contribution in [0.4, 0.5) is 0 Å². The minimum absolute atomic E-state index is 0.230. The summed E-state index contributed by atoms with van der Waals surface area (Å²) in [6.45, 7) is 2.16. The molecule has 1 aliphatic heterocycles. The van der Waals surface area contributed by atoms with E-state index in [1.165, 1.54) is 11.1 Å². The van der Waals surface area contributed by atoms with E-state index in [2.05, 4.69) is 55.5 Å². The Kier molecular flexibility index (Phi) is 4.13. The zero-order chi connectivity index (χ0) is 13.9. The molecule has 3 rings (SSSR count). The van der Waals surface area contributed by atoms with Crippen LogP contribution in [0.2, 0.25) is 0 Å². The van der Waals surface area contributed by atoms with Crippen LogP contribution < -0.4 is 0 Å². The van der Waals surface area contributed by atoms with E-state index in [-0.39, 0.29) is 6.10 Å². The molecule has 2 aromatic rings. The van der Waals surface area contributed by atoms with Gasteiger partial charge in [0.2, 0.25) is 0 Å². The van der Waals surface area contributed by atoms with Crippen LogP contribution in [0.1, 0.15) is 35.0 Å². The monoisotopic (exact) mass is 284 g/mol. The molecular formula is C18H20OS. The number of aliphatic hydroxyl groups excluding tert-OH is 1. The molecule has 2 aromatic carbocycles. The number of aliphatic hydroxyl groups is 1. The average Bonchev–Trinajstić information content (AvgIpc) is 2.51. The highest BCUT2D eigenvalue weighted by molar-refractivity contribution is 7.99. The van der Waals surface area contributed by atoms with Crippen molar-refractivity contribution in [1.82, 2.24) is 0 Å². The summed E-state index contributed by atoms with van der Waals surface area (Å²) in [6, 6.07) is 21.1. The van der Waals surface area contributed by atoms with Crippen molar-refractivity contribution in [3.63, 3.8) is 0 Å². The van der Waals surface area contributed by atoms with E-state index in [1.807, 2.05) is 23.9 Å². The smallest absolute Gasteiger partial charge is 0.0593 e. The molecule has 1 saturated heterocycles. The van der Waals surface area contributed by atoms with Gasteiger partial charge >= 0.3 is 0 Å². The molecule has 1 aliphatic rings. The van der Waals surface area contributed by atoms with Crippen LogP contribution in [0.25, 0.3) is 0 Å². The second kappa shape index (κ2) is 6.02. The maximum absolute atomic E-state index is 10.4. The number of rotatable bonds is 2. The fourth-order valence-corrected chi connectivity index (χ4v) is 4.62. The maximum Gasteiger partial charge on any atom is 0.0593 e. The van der Waals surface area contributed by atoms with E-state index in [4.69, 9.17) is 0 Å². The third-order valence-electron chi connectivity index (χ3n) is 4.15. The topological polar surface area (TPSA) is 20.2 Å². The molecule has 0 spiro atoms. The van der Waals surface area contributed by atoms with Crippen molar-refractivity contribution in [3.05, 3.63) is 71.8 Å². The first-order chi connectivity index (χ1) is 9.75. The highest BCUT2D eigenvalue weighted by Gasteiger charge is 2.36. The van der Waals surface area contributed by atoms with Gasteiger partial charge in [0.15, 0.2) is 0 Å². The highest BCUT2D eigenvalue weighted by atomic mass is 32.2. The molecule has 4 atom stereocenters. The Hall–Kier alpha value is -1.25. The fraction of sp³-hybridized carbons (Fsp3) is 0.333. The molecule has 0 unspecified atom stereocenters. The third-order valence-corrected chi connectivity index (χ3v) is 5.94. The lowest BCUT2D eigenvalue weighted by molar-refractivity contribution is 0.0993. The van der Waals surface area contributed by atoms with Crippen LogP contribution in [0.3, 0.4) is 0 Å². The van der Waals surface area contributed by atoms with Gasteiger partial charge in [-0.15, -0.1) is 11.8 Å². The van der Waals surface area contributed by atoms with Gasteiger partial charge in [0.1, 0.15) is 0 Å². The molecule has 1 fully saturated rings. The predicted octanol–water partition coefficient (Wildman–Crippen LogP) is 4.60. The summed E-state index contributed by atoms with van der Waals surface area (Å²) < 4.78 is 0. The van der Waals surface area contributed by atoms with Gasteiger partial charge in [-0.25, -0.2) is 0 Å². The minimum atomic E-state index is -0.230. The Morgan fingerprint density at radius 3 is 2.05 bits per heavy atom. The largest absolute Gasteiger partial charge is 0.393 e. The van der Waals surface area contributed by atoms with Gasteiger partial charge in [-0.05, 0) is 23.5 Å². The normalized spacial score (nSPS) is 30.1. The lowest BCUT2D eigenvalue weighted by Crippen LogP contribution is -2.29. The second-order valence-corrected chi connectivity index (χ2v) is 6.88. The number of hydrogen-bond acceptors (Lipinski definition) is 2. The lowest BCUT2D eigenvalue weighted by atomic mass is 9.90. The van der Waals surface area contributed by atoms with Gasteiger partial charge in [-0.1, -0.05) is 67.6 Å². The molecular weight excluding hydrogens is 264 g/mol. The molecule has 0 saturated carbocycles. The molecule has 1 heterocycles. The van der Waals surface area contributed by atoms with E-state index in [9.17, 15) is 5.11 Å². The molecule has 104 valence electrons. The number of benzene rings is 2. The van der Waals surface area contributed by atoms with Gasteiger partial charge in [0.05, 0.1) is 6.10 Å². The van der Waals surface area contributed by atoms with E-state index in [1.54, 1.807) is 0 Å². The van der Waals surface area contributed by atoms with Crippen molar-refractivity contribution >= 4 is 11.8 Å². The van der Waals surface area contributed by atoms with Crippen LogP contribution in [-0.4, -0.2) is 11.2 Å². The van der Waals surface area contributed by atoms with Crippen molar-refractivity contribution in [1.29, 1.82) is 0 Å². The number of hydrogen-bond donors (Lipinski definition) is 1. The summed E-state index contributed by atoms with van der Waals surface area (Å²) in [4.78, 5) is 0. The second-order valence-electron chi connectivity index (χ2n) is 5.53. The molecule has 1 nitrogen and oxygen atoms in total. The lowest BCUT2D eigenvalue weighted by Gasteiger charge is -2.38. The van der Waals surface area contributed by atoms with Gasteiger partial charge in [0, 0.05) is 10.5 Å². The fourth-order valence-electron chi connectivity index (χ4n) is 2.90. The Morgan fingerprint density at radius 1 is 0.900 bits per heavy atom. The number of thioether (sulfide) groups is 1.